The number of nitrogens with zero attached hydrogens (tertiary/aromatic N) is 4. The van der Waals surface area contributed by atoms with Crippen LogP contribution in [0.4, 0.5) is 9.18 Å². The molecule has 170 valence electrons. The fourth-order valence-electron chi connectivity index (χ4n) is 3.37. The van der Waals surface area contributed by atoms with Gasteiger partial charge in [-0.1, -0.05) is 17.3 Å². The lowest BCUT2D eigenvalue weighted by atomic mass is 10.0. The number of aromatic nitrogens is 3. The van der Waals surface area contributed by atoms with Crippen LogP contribution in [-0.4, -0.2) is 55.1 Å². The molecule has 3 rings (SSSR count). The minimum Gasteiger partial charge on any atom is -0.465 e. The Morgan fingerprint density at radius 2 is 2.06 bits per heavy atom. The molecule has 32 heavy (non-hydrogen) atoms. The van der Waals surface area contributed by atoms with Crippen LogP contribution in [0, 0.1) is 5.82 Å². The molecule has 8 nitrogen and oxygen atoms in total. The average molecular weight is 460 g/mol. The lowest BCUT2D eigenvalue weighted by molar-refractivity contribution is 0.0824. The van der Waals surface area contributed by atoms with E-state index in [1.165, 1.54) is 28.4 Å². The first kappa shape index (κ1) is 23.4. The average Bonchev–Trinajstić information content (AvgIpc) is 3.33. The van der Waals surface area contributed by atoms with Gasteiger partial charge in [0.15, 0.2) is 0 Å². The number of aryl methyl sites for hydroxylation is 1. The lowest BCUT2D eigenvalue weighted by Gasteiger charge is -2.36. The summed E-state index contributed by atoms with van der Waals surface area (Å²) in [5, 5.41) is 22.2. The Morgan fingerprint density at radius 1 is 1.31 bits per heavy atom. The summed E-state index contributed by atoms with van der Waals surface area (Å²) < 4.78 is 15.3. The Morgan fingerprint density at radius 3 is 2.66 bits per heavy atom. The highest BCUT2D eigenvalue weighted by Crippen LogP contribution is 2.25. The Hall–Kier alpha value is -3.27. The minimum absolute atomic E-state index is 0.0605. The van der Waals surface area contributed by atoms with Gasteiger partial charge in [-0.3, -0.25) is 4.79 Å². The molecule has 2 aromatic heterocycles. The van der Waals surface area contributed by atoms with Gasteiger partial charge in [0.1, 0.15) is 5.82 Å². The van der Waals surface area contributed by atoms with Crippen molar-refractivity contribution in [2.24, 2.45) is 7.05 Å². The van der Waals surface area contributed by atoms with Crippen LogP contribution in [0.5, 0.6) is 0 Å². The van der Waals surface area contributed by atoms with E-state index in [1.807, 2.05) is 5.38 Å². The summed E-state index contributed by atoms with van der Waals surface area (Å²) in [7, 11) is 1.77. The number of rotatable bonds is 7. The van der Waals surface area contributed by atoms with Crippen molar-refractivity contribution in [1.82, 2.24) is 25.2 Å². The van der Waals surface area contributed by atoms with Crippen molar-refractivity contribution in [3.63, 3.8) is 0 Å². The van der Waals surface area contributed by atoms with Gasteiger partial charge in [-0.2, -0.15) is 0 Å². The summed E-state index contributed by atoms with van der Waals surface area (Å²) in [6, 6.07) is 7.27. The van der Waals surface area contributed by atoms with E-state index < -0.39 is 17.7 Å². The van der Waals surface area contributed by atoms with E-state index in [-0.39, 0.29) is 24.7 Å². The zero-order chi connectivity index (χ0) is 23.5. The third-order valence-electron chi connectivity index (χ3n) is 4.98. The summed E-state index contributed by atoms with van der Waals surface area (Å²) in [5.41, 5.74) is 1.60. The third kappa shape index (κ3) is 5.70. The Bertz CT molecular complexity index is 1100. The quantitative estimate of drug-likeness (QED) is 0.560. The summed E-state index contributed by atoms with van der Waals surface area (Å²) in [4.78, 5) is 26.6. The molecule has 1 atom stereocenters. The molecule has 0 radical (unpaired) electrons. The first-order valence-corrected chi connectivity index (χ1v) is 10.9. The molecule has 0 aliphatic heterocycles. The molecule has 3 aromatic rings. The maximum absolute atomic E-state index is 13.7. The van der Waals surface area contributed by atoms with Crippen LogP contribution < -0.4 is 5.32 Å². The van der Waals surface area contributed by atoms with Gasteiger partial charge in [0.25, 0.3) is 5.91 Å². The zero-order valence-electron chi connectivity index (χ0n) is 18.4. The summed E-state index contributed by atoms with van der Waals surface area (Å²) in [6.45, 7) is 5.42. The van der Waals surface area contributed by atoms with Gasteiger partial charge in [-0.15, -0.1) is 16.4 Å². The Labute approximate surface area is 189 Å². The standard InChI is InChI=1S/C22H26FN5O3S/c1-22(2,3)28(21(30)31)12-17(9-14-6-5-7-16(23)8-14)25-20(29)19-10-15(13-32-19)18-11-24-26-27(18)4/h5-8,10-11,13,17H,9,12H2,1-4H3,(H,25,29)(H,30,31)/t17-/m1/s1. The summed E-state index contributed by atoms with van der Waals surface area (Å²) in [5.74, 6) is -0.705. The maximum atomic E-state index is 13.7. The number of nitrogens with one attached hydrogen (secondary N) is 1. The van der Waals surface area contributed by atoms with E-state index in [4.69, 9.17) is 0 Å². The number of halogens is 1. The number of carbonyl (C=O) groups is 2. The number of amides is 2. The van der Waals surface area contributed by atoms with Gasteiger partial charge in [-0.05, 0) is 51.0 Å². The molecule has 0 fully saturated rings. The Balaban J connectivity index is 1.82. The van der Waals surface area contributed by atoms with Crippen molar-refractivity contribution >= 4 is 23.3 Å². The first-order valence-electron chi connectivity index (χ1n) is 10.0. The van der Waals surface area contributed by atoms with Gasteiger partial charge in [-0.25, -0.2) is 13.9 Å². The minimum atomic E-state index is -1.09. The fraction of sp³-hybridized carbons (Fsp3) is 0.364. The fourth-order valence-corrected chi connectivity index (χ4v) is 4.17. The molecule has 0 aliphatic rings. The van der Waals surface area contributed by atoms with E-state index in [0.29, 0.717) is 10.4 Å². The summed E-state index contributed by atoms with van der Waals surface area (Å²) in [6.07, 6.45) is 0.816. The predicted molar refractivity (Wildman–Crippen MR) is 120 cm³/mol. The van der Waals surface area contributed by atoms with Gasteiger partial charge in [0.05, 0.1) is 22.8 Å². The zero-order valence-corrected chi connectivity index (χ0v) is 19.2. The molecule has 2 heterocycles. The third-order valence-corrected chi connectivity index (χ3v) is 5.91. The van der Waals surface area contributed by atoms with Crippen LogP contribution in [0.2, 0.25) is 0 Å². The molecule has 0 aliphatic carbocycles. The molecule has 2 N–H and O–H groups in total. The van der Waals surface area contributed by atoms with Crippen LogP contribution in [0.15, 0.2) is 41.9 Å². The molecular formula is C22H26FN5O3S. The highest BCUT2D eigenvalue weighted by Gasteiger charge is 2.30. The number of carboxylic acid groups (broad SMARTS) is 1. The summed E-state index contributed by atoms with van der Waals surface area (Å²) >= 11 is 1.28. The predicted octanol–water partition coefficient (Wildman–Crippen LogP) is 3.80. The van der Waals surface area contributed by atoms with Gasteiger partial charge >= 0.3 is 6.09 Å². The Kier molecular flexibility index (Phi) is 6.93. The molecular weight excluding hydrogens is 433 g/mol. The monoisotopic (exact) mass is 459 g/mol. The van der Waals surface area contributed by atoms with E-state index in [0.717, 1.165) is 11.3 Å². The van der Waals surface area contributed by atoms with E-state index in [9.17, 15) is 19.1 Å². The lowest BCUT2D eigenvalue weighted by Crippen LogP contribution is -2.53. The van der Waals surface area contributed by atoms with Crippen LogP contribution in [0.3, 0.4) is 0 Å². The van der Waals surface area contributed by atoms with E-state index in [1.54, 1.807) is 56.9 Å². The molecule has 1 aromatic carbocycles. The second-order valence-corrected chi connectivity index (χ2v) is 9.42. The molecule has 0 saturated carbocycles. The van der Waals surface area contributed by atoms with E-state index >= 15 is 0 Å². The number of hydrogen-bond acceptors (Lipinski definition) is 5. The number of thiophene rings is 1. The van der Waals surface area contributed by atoms with Crippen LogP contribution in [0.25, 0.3) is 11.3 Å². The van der Waals surface area contributed by atoms with Crippen molar-refractivity contribution in [2.45, 2.75) is 38.8 Å². The second-order valence-electron chi connectivity index (χ2n) is 8.51. The SMILES string of the molecule is Cn1nncc1-c1csc(C(=O)N[C@H](Cc2cccc(F)c2)CN(C(=O)O)C(C)(C)C)c1. The second kappa shape index (κ2) is 9.47. The first-order chi connectivity index (χ1) is 15.0. The van der Waals surface area contributed by atoms with Crippen LogP contribution in [-0.2, 0) is 13.5 Å². The number of benzene rings is 1. The van der Waals surface area contributed by atoms with Gasteiger partial charge in [0.2, 0.25) is 0 Å². The van der Waals surface area contributed by atoms with Crippen molar-refractivity contribution < 1.29 is 19.1 Å². The van der Waals surface area contributed by atoms with Crippen molar-refractivity contribution in [1.29, 1.82) is 0 Å². The molecule has 2 amide bonds. The largest absolute Gasteiger partial charge is 0.465 e. The molecule has 0 saturated heterocycles. The van der Waals surface area contributed by atoms with Crippen molar-refractivity contribution in [3.8, 4) is 11.3 Å². The van der Waals surface area contributed by atoms with Gasteiger partial charge in [0, 0.05) is 30.1 Å². The topological polar surface area (TPSA) is 100 Å². The molecule has 0 spiro atoms. The van der Waals surface area contributed by atoms with Gasteiger partial charge < -0.3 is 15.3 Å². The van der Waals surface area contributed by atoms with E-state index in [2.05, 4.69) is 15.6 Å². The molecule has 0 bridgehead atoms. The van der Waals surface area contributed by atoms with Crippen LogP contribution in [0.1, 0.15) is 36.0 Å². The highest BCUT2D eigenvalue weighted by molar-refractivity contribution is 7.12. The van der Waals surface area contributed by atoms with Crippen LogP contribution >= 0.6 is 11.3 Å². The van der Waals surface area contributed by atoms with Crippen molar-refractivity contribution in [3.05, 3.63) is 58.2 Å². The highest BCUT2D eigenvalue weighted by atomic mass is 32.1. The normalized spacial score (nSPS) is 12.4. The van der Waals surface area contributed by atoms with Crippen molar-refractivity contribution in [2.75, 3.05) is 6.54 Å². The molecule has 0 unspecified atom stereocenters. The maximum Gasteiger partial charge on any atom is 0.407 e. The smallest absolute Gasteiger partial charge is 0.407 e. The number of hydrogen-bond donors (Lipinski definition) is 2. The molecule has 10 heteroatoms. The number of carbonyl (C=O) groups excluding carboxylic acids is 1.